The van der Waals surface area contributed by atoms with Crippen molar-refractivity contribution < 1.29 is 14.1 Å². The molecule has 112 valence electrons. The predicted octanol–water partition coefficient (Wildman–Crippen LogP) is 0.889. The average molecular weight is 290 g/mol. The second kappa shape index (κ2) is 4.82. The number of aromatic nitrogens is 2. The molecule has 1 aromatic heterocycles. The molecule has 1 N–H and O–H groups in total. The second-order valence-corrected chi connectivity index (χ2v) is 6.11. The maximum atomic E-state index is 12.6. The Morgan fingerprint density at radius 3 is 2.86 bits per heavy atom. The molecule has 2 saturated heterocycles. The minimum atomic E-state index is -0.382. The SMILES string of the molecule is O=C1CC[C@H](C(=O)N2CCC[C@H]2c2noc(C3CC3)n2)N1. The Balaban J connectivity index is 1.51. The van der Waals surface area contributed by atoms with Gasteiger partial charge in [-0.2, -0.15) is 4.98 Å². The van der Waals surface area contributed by atoms with Crippen molar-refractivity contribution in [2.24, 2.45) is 0 Å². The number of carbonyl (C=O) groups excluding carboxylic acids is 2. The summed E-state index contributed by atoms with van der Waals surface area (Å²) in [5, 5.41) is 6.81. The zero-order valence-electron chi connectivity index (χ0n) is 11.7. The van der Waals surface area contributed by atoms with Crippen LogP contribution in [-0.2, 0) is 9.59 Å². The van der Waals surface area contributed by atoms with Crippen molar-refractivity contribution in [2.75, 3.05) is 6.54 Å². The molecule has 0 spiro atoms. The standard InChI is InChI=1S/C14H18N4O3/c19-11-6-5-9(15-11)14(20)18-7-1-2-10(18)12-16-13(21-17-12)8-3-4-8/h8-10H,1-7H2,(H,15,19)/t9-,10+/m1/s1. The summed E-state index contributed by atoms with van der Waals surface area (Å²) in [5.41, 5.74) is 0. The van der Waals surface area contributed by atoms with Gasteiger partial charge < -0.3 is 14.7 Å². The highest BCUT2D eigenvalue weighted by atomic mass is 16.5. The lowest BCUT2D eigenvalue weighted by molar-refractivity contribution is -0.135. The molecule has 2 atom stereocenters. The Hall–Kier alpha value is -1.92. The van der Waals surface area contributed by atoms with Crippen LogP contribution < -0.4 is 5.32 Å². The fourth-order valence-corrected chi connectivity index (χ4v) is 3.18. The van der Waals surface area contributed by atoms with Crippen LogP contribution in [0.5, 0.6) is 0 Å². The molecule has 7 heteroatoms. The smallest absolute Gasteiger partial charge is 0.245 e. The molecule has 3 aliphatic rings. The molecule has 1 saturated carbocycles. The van der Waals surface area contributed by atoms with E-state index in [0.717, 1.165) is 25.7 Å². The van der Waals surface area contributed by atoms with Gasteiger partial charge in [-0.05, 0) is 32.1 Å². The number of hydrogen-bond donors (Lipinski definition) is 1. The molecule has 7 nitrogen and oxygen atoms in total. The quantitative estimate of drug-likeness (QED) is 0.893. The summed E-state index contributed by atoms with van der Waals surface area (Å²) in [6.45, 7) is 0.698. The van der Waals surface area contributed by atoms with Crippen molar-refractivity contribution in [3.63, 3.8) is 0 Å². The van der Waals surface area contributed by atoms with E-state index in [4.69, 9.17) is 4.52 Å². The number of likely N-dealkylation sites (tertiary alicyclic amines) is 1. The van der Waals surface area contributed by atoms with Crippen molar-refractivity contribution in [3.05, 3.63) is 11.7 Å². The van der Waals surface area contributed by atoms with E-state index < -0.39 is 0 Å². The number of carbonyl (C=O) groups is 2. The average Bonchev–Trinajstić information content (AvgIpc) is 2.94. The summed E-state index contributed by atoms with van der Waals surface area (Å²) in [7, 11) is 0. The van der Waals surface area contributed by atoms with Gasteiger partial charge >= 0.3 is 0 Å². The molecule has 2 aliphatic heterocycles. The van der Waals surface area contributed by atoms with Gasteiger partial charge in [0.2, 0.25) is 17.7 Å². The molecule has 3 fully saturated rings. The first-order chi connectivity index (χ1) is 10.2. The van der Waals surface area contributed by atoms with Gasteiger partial charge in [0, 0.05) is 18.9 Å². The van der Waals surface area contributed by atoms with Crippen molar-refractivity contribution in [3.8, 4) is 0 Å². The van der Waals surface area contributed by atoms with Gasteiger partial charge in [-0.15, -0.1) is 0 Å². The third-order valence-electron chi connectivity index (χ3n) is 4.51. The molecule has 0 aromatic carbocycles. The molecule has 4 rings (SSSR count). The maximum Gasteiger partial charge on any atom is 0.245 e. The van der Waals surface area contributed by atoms with Crippen LogP contribution in [0.25, 0.3) is 0 Å². The van der Waals surface area contributed by atoms with E-state index in [1.807, 2.05) is 0 Å². The van der Waals surface area contributed by atoms with Crippen LogP contribution >= 0.6 is 0 Å². The van der Waals surface area contributed by atoms with Crippen LogP contribution in [0.3, 0.4) is 0 Å². The predicted molar refractivity (Wildman–Crippen MR) is 71.1 cm³/mol. The van der Waals surface area contributed by atoms with E-state index >= 15 is 0 Å². The summed E-state index contributed by atoms with van der Waals surface area (Å²) < 4.78 is 5.30. The molecule has 0 bridgehead atoms. The molecule has 0 radical (unpaired) electrons. The summed E-state index contributed by atoms with van der Waals surface area (Å²) in [5.74, 6) is 1.69. The van der Waals surface area contributed by atoms with Crippen LogP contribution in [-0.4, -0.2) is 39.4 Å². The fraction of sp³-hybridized carbons (Fsp3) is 0.714. The first-order valence-electron chi connectivity index (χ1n) is 7.66. The van der Waals surface area contributed by atoms with Gasteiger partial charge in [0.05, 0.1) is 6.04 Å². The summed E-state index contributed by atoms with van der Waals surface area (Å²) >= 11 is 0. The van der Waals surface area contributed by atoms with E-state index in [0.29, 0.717) is 37.0 Å². The normalized spacial score (nSPS) is 29.0. The van der Waals surface area contributed by atoms with Crippen molar-refractivity contribution >= 4 is 11.8 Å². The first-order valence-corrected chi connectivity index (χ1v) is 7.66. The minimum absolute atomic E-state index is 0.0129. The molecule has 3 heterocycles. The van der Waals surface area contributed by atoms with Gasteiger partial charge in [0.1, 0.15) is 6.04 Å². The molecular weight excluding hydrogens is 272 g/mol. The molecular formula is C14H18N4O3. The summed E-state index contributed by atoms with van der Waals surface area (Å²) in [4.78, 5) is 30.1. The first kappa shape index (κ1) is 12.8. The number of hydrogen-bond acceptors (Lipinski definition) is 5. The summed E-state index contributed by atoms with van der Waals surface area (Å²) in [6, 6.07) is -0.487. The Bertz CT molecular complexity index is 581. The van der Waals surface area contributed by atoms with Crippen LogP contribution in [0.4, 0.5) is 0 Å². The topological polar surface area (TPSA) is 88.3 Å². The third kappa shape index (κ3) is 2.30. The third-order valence-corrected chi connectivity index (χ3v) is 4.51. The van der Waals surface area contributed by atoms with Crippen LogP contribution in [0.15, 0.2) is 4.52 Å². The van der Waals surface area contributed by atoms with Gasteiger partial charge in [-0.25, -0.2) is 0 Å². The number of nitrogens with one attached hydrogen (secondary N) is 1. The van der Waals surface area contributed by atoms with E-state index in [1.165, 1.54) is 0 Å². The lowest BCUT2D eigenvalue weighted by Gasteiger charge is -2.25. The van der Waals surface area contributed by atoms with E-state index in [1.54, 1.807) is 4.90 Å². The Morgan fingerprint density at radius 1 is 1.29 bits per heavy atom. The molecule has 1 aliphatic carbocycles. The zero-order valence-corrected chi connectivity index (χ0v) is 11.7. The molecule has 1 aromatic rings. The van der Waals surface area contributed by atoms with Crippen LogP contribution in [0.2, 0.25) is 0 Å². The van der Waals surface area contributed by atoms with Crippen molar-refractivity contribution in [1.82, 2.24) is 20.4 Å². The van der Waals surface area contributed by atoms with Crippen LogP contribution in [0.1, 0.15) is 62.2 Å². The molecule has 0 unspecified atom stereocenters. The largest absolute Gasteiger partial charge is 0.344 e. The highest BCUT2D eigenvalue weighted by Crippen LogP contribution is 2.40. The Labute approximate surface area is 122 Å². The second-order valence-electron chi connectivity index (χ2n) is 6.11. The van der Waals surface area contributed by atoms with Crippen molar-refractivity contribution in [2.45, 2.75) is 56.5 Å². The van der Waals surface area contributed by atoms with Gasteiger partial charge in [0.25, 0.3) is 0 Å². The minimum Gasteiger partial charge on any atom is -0.344 e. The van der Waals surface area contributed by atoms with E-state index in [9.17, 15) is 9.59 Å². The lowest BCUT2D eigenvalue weighted by atomic mass is 10.1. The molecule has 21 heavy (non-hydrogen) atoms. The summed E-state index contributed by atoms with van der Waals surface area (Å²) in [6.07, 6.45) is 5.04. The number of amides is 2. The lowest BCUT2D eigenvalue weighted by Crippen LogP contribution is -2.44. The zero-order chi connectivity index (χ0) is 14.4. The maximum absolute atomic E-state index is 12.6. The van der Waals surface area contributed by atoms with Crippen LogP contribution in [0, 0.1) is 0 Å². The molecule has 2 amide bonds. The van der Waals surface area contributed by atoms with E-state index in [2.05, 4.69) is 15.5 Å². The number of nitrogens with zero attached hydrogens (tertiary/aromatic N) is 3. The van der Waals surface area contributed by atoms with E-state index in [-0.39, 0.29) is 23.9 Å². The highest BCUT2D eigenvalue weighted by Gasteiger charge is 2.39. The van der Waals surface area contributed by atoms with Gasteiger partial charge in [-0.1, -0.05) is 5.16 Å². The Kier molecular flexibility index (Phi) is 2.94. The highest BCUT2D eigenvalue weighted by molar-refractivity contribution is 5.91. The monoisotopic (exact) mass is 290 g/mol. The van der Waals surface area contributed by atoms with Gasteiger partial charge in [0.15, 0.2) is 5.82 Å². The van der Waals surface area contributed by atoms with Gasteiger partial charge in [-0.3, -0.25) is 9.59 Å². The Morgan fingerprint density at radius 2 is 2.14 bits per heavy atom. The fourth-order valence-electron chi connectivity index (χ4n) is 3.18. The number of rotatable bonds is 3. The van der Waals surface area contributed by atoms with Crippen molar-refractivity contribution in [1.29, 1.82) is 0 Å².